The van der Waals surface area contributed by atoms with E-state index in [0.29, 0.717) is 0 Å². The zero-order valence-electron chi connectivity index (χ0n) is 8.60. The third-order valence-corrected chi connectivity index (χ3v) is 1.87. The quantitative estimate of drug-likeness (QED) is 0.740. The van der Waals surface area contributed by atoms with Gasteiger partial charge in [0.15, 0.2) is 0 Å². The molecular formula is C11H14O4. The van der Waals surface area contributed by atoms with Crippen LogP contribution in [0.25, 0.3) is 0 Å². The van der Waals surface area contributed by atoms with Crippen LogP contribution in [0.5, 0.6) is 5.75 Å². The molecule has 0 aromatic heterocycles. The first kappa shape index (κ1) is 11.5. The minimum Gasteiger partial charge on any atom is -0.497 e. The molecule has 0 saturated heterocycles. The molecule has 0 unspecified atom stereocenters. The normalized spacial score (nSPS) is 9.73. The zero-order chi connectivity index (χ0) is 11.1. The summed E-state index contributed by atoms with van der Waals surface area (Å²) in [5, 5.41) is 8.48. The van der Waals surface area contributed by atoms with Crippen LogP contribution < -0.4 is 4.74 Å². The minimum absolute atomic E-state index is 0.0379. The molecule has 0 bridgehead atoms. The van der Waals surface area contributed by atoms with Gasteiger partial charge in [-0.05, 0) is 17.7 Å². The molecule has 0 fully saturated rings. The Hall–Kier alpha value is -1.55. The molecule has 4 nitrogen and oxygen atoms in total. The topological polar surface area (TPSA) is 55.8 Å². The largest absolute Gasteiger partial charge is 0.497 e. The molecule has 0 atom stereocenters. The second kappa shape index (κ2) is 6.03. The highest BCUT2D eigenvalue weighted by atomic mass is 16.5. The summed E-state index contributed by atoms with van der Waals surface area (Å²) in [6.07, 6.45) is 0.0379. The van der Waals surface area contributed by atoms with Gasteiger partial charge >= 0.3 is 5.97 Å². The smallest absolute Gasteiger partial charge is 0.308 e. The number of rotatable bonds is 5. The van der Waals surface area contributed by atoms with Gasteiger partial charge in [-0.3, -0.25) is 4.79 Å². The molecule has 82 valence electrons. The Morgan fingerprint density at radius 2 is 2.00 bits per heavy atom. The van der Waals surface area contributed by atoms with Crippen molar-refractivity contribution in [3.8, 4) is 5.75 Å². The van der Waals surface area contributed by atoms with Crippen LogP contribution in [-0.4, -0.2) is 24.8 Å². The number of hydrogen-bond donors (Lipinski definition) is 1. The highest BCUT2D eigenvalue weighted by molar-refractivity contribution is 5.69. The Bertz CT molecular complexity index is 305. The van der Waals surface area contributed by atoms with E-state index in [9.17, 15) is 4.79 Å². The molecule has 1 aromatic rings. The molecule has 0 aliphatic carbocycles. The summed E-state index contributed by atoms with van der Waals surface area (Å²) >= 11 is 0. The van der Waals surface area contributed by atoms with Crippen molar-refractivity contribution in [1.82, 2.24) is 0 Å². The number of benzene rings is 1. The van der Waals surface area contributed by atoms with E-state index in [0.717, 1.165) is 11.3 Å². The highest BCUT2D eigenvalue weighted by Crippen LogP contribution is 2.11. The van der Waals surface area contributed by atoms with Gasteiger partial charge in [0.2, 0.25) is 0 Å². The molecule has 0 saturated carbocycles. The second-order valence-corrected chi connectivity index (χ2v) is 2.98. The van der Waals surface area contributed by atoms with E-state index in [-0.39, 0.29) is 19.6 Å². The van der Waals surface area contributed by atoms with Crippen molar-refractivity contribution >= 4 is 5.97 Å². The Balaban J connectivity index is 2.40. The van der Waals surface area contributed by atoms with Crippen LogP contribution in [0.3, 0.4) is 0 Å². The third-order valence-electron chi connectivity index (χ3n) is 1.87. The van der Waals surface area contributed by atoms with Crippen molar-refractivity contribution in [3.05, 3.63) is 29.8 Å². The number of methoxy groups -OCH3 is 1. The maximum Gasteiger partial charge on any atom is 0.308 e. The summed E-state index contributed by atoms with van der Waals surface area (Å²) in [6.45, 7) is 0.0459. The first-order valence-electron chi connectivity index (χ1n) is 4.65. The van der Waals surface area contributed by atoms with Crippen molar-refractivity contribution in [2.45, 2.75) is 13.0 Å². The lowest BCUT2D eigenvalue weighted by molar-refractivity contribution is -0.145. The zero-order valence-corrected chi connectivity index (χ0v) is 8.60. The Morgan fingerprint density at radius 3 is 2.53 bits per heavy atom. The van der Waals surface area contributed by atoms with Gasteiger partial charge < -0.3 is 14.6 Å². The molecule has 0 amide bonds. The molecule has 0 spiro atoms. The maximum atomic E-state index is 10.9. The fourth-order valence-electron chi connectivity index (χ4n) is 1.05. The molecule has 4 heteroatoms. The number of aliphatic hydroxyl groups is 1. The van der Waals surface area contributed by atoms with Crippen LogP contribution in [0, 0.1) is 0 Å². The number of carbonyl (C=O) groups excluding carboxylic acids is 1. The maximum absolute atomic E-state index is 10.9. The van der Waals surface area contributed by atoms with Gasteiger partial charge in [0.05, 0.1) is 20.1 Å². The average Bonchev–Trinajstić information content (AvgIpc) is 2.27. The summed E-state index contributed by atoms with van der Waals surface area (Å²) in [4.78, 5) is 10.9. The van der Waals surface area contributed by atoms with Crippen LogP contribution in [0.1, 0.15) is 12.0 Å². The molecule has 1 rings (SSSR count). The second-order valence-electron chi connectivity index (χ2n) is 2.98. The predicted octanol–water partition coefficient (Wildman–Crippen LogP) is 1.12. The molecule has 1 aromatic carbocycles. The Labute approximate surface area is 88.4 Å². The van der Waals surface area contributed by atoms with E-state index in [2.05, 4.69) is 0 Å². The summed E-state index contributed by atoms with van der Waals surface area (Å²) in [6, 6.07) is 7.25. The van der Waals surface area contributed by atoms with Crippen LogP contribution in [0.4, 0.5) is 0 Å². The summed E-state index contributed by atoms with van der Waals surface area (Å²) in [7, 11) is 1.59. The lowest BCUT2D eigenvalue weighted by Gasteiger charge is -2.04. The molecular weight excluding hydrogens is 196 g/mol. The summed E-state index contributed by atoms with van der Waals surface area (Å²) < 4.78 is 9.89. The van der Waals surface area contributed by atoms with Crippen LogP contribution >= 0.6 is 0 Å². The number of esters is 1. The third kappa shape index (κ3) is 3.99. The fraction of sp³-hybridized carbons (Fsp3) is 0.364. The molecule has 0 aliphatic rings. The monoisotopic (exact) mass is 210 g/mol. The highest BCUT2D eigenvalue weighted by Gasteiger charge is 2.01. The lowest BCUT2D eigenvalue weighted by Crippen LogP contribution is -2.06. The lowest BCUT2D eigenvalue weighted by atomic mass is 10.2. The first-order chi connectivity index (χ1) is 7.26. The van der Waals surface area contributed by atoms with E-state index < -0.39 is 5.97 Å². The first-order valence-corrected chi connectivity index (χ1v) is 4.65. The van der Waals surface area contributed by atoms with E-state index in [1.165, 1.54) is 0 Å². The number of carbonyl (C=O) groups is 1. The minimum atomic E-state index is -0.395. The van der Waals surface area contributed by atoms with Gasteiger partial charge in [-0.2, -0.15) is 0 Å². The van der Waals surface area contributed by atoms with Gasteiger partial charge in [-0.15, -0.1) is 0 Å². The van der Waals surface area contributed by atoms with Gasteiger partial charge in [-0.25, -0.2) is 0 Å². The van der Waals surface area contributed by atoms with E-state index in [1.54, 1.807) is 19.2 Å². The van der Waals surface area contributed by atoms with Gasteiger partial charge in [-0.1, -0.05) is 12.1 Å². The van der Waals surface area contributed by atoms with E-state index in [4.69, 9.17) is 14.6 Å². The van der Waals surface area contributed by atoms with Crippen LogP contribution in [0.15, 0.2) is 24.3 Å². The van der Waals surface area contributed by atoms with Crippen LogP contribution in [-0.2, 0) is 16.1 Å². The molecule has 1 N–H and O–H groups in total. The van der Waals surface area contributed by atoms with Crippen molar-refractivity contribution in [1.29, 1.82) is 0 Å². The Kier molecular flexibility index (Phi) is 4.63. The van der Waals surface area contributed by atoms with Gasteiger partial charge in [0, 0.05) is 0 Å². The number of ether oxygens (including phenoxy) is 2. The van der Waals surface area contributed by atoms with Crippen molar-refractivity contribution in [2.24, 2.45) is 0 Å². The predicted molar refractivity (Wildman–Crippen MR) is 54.5 cm³/mol. The molecule has 0 radical (unpaired) electrons. The molecule has 0 heterocycles. The van der Waals surface area contributed by atoms with Crippen LogP contribution in [0.2, 0.25) is 0 Å². The summed E-state index contributed by atoms with van der Waals surface area (Å²) in [5.74, 6) is 0.369. The summed E-state index contributed by atoms with van der Waals surface area (Å²) in [5.41, 5.74) is 0.891. The standard InChI is InChI=1S/C11H14O4/c1-14-10-4-2-9(3-5-10)8-15-11(13)6-7-12/h2-5,12H,6-8H2,1H3. The number of aliphatic hydroxyl groups excluding tert-OH is 1. The van der Waals surface area contributed by atoms with E-state index in [1.807, 2.05) is 12.1 Å². The van der Waals surface area contributed by atoms with E-state index >= 15 is 0 Å². The molecule has 0 aliphatic heterocycles. The van der Waals surface area contributed by atoms with Crippen molar-refractivity contribution < 1.29 is 19.4 Å². The van der Waals surface area contributed by atoms with Gasteiger partial charge in [0.25, 0.3) is 0 Å². The molecule has 15 heavy (non-hydrogen) atoms. The average molecular weight is 210 g/mol. The number of hydrogen-bond acceptors (Lipinski definition) is 4. The van der Waals surface area contributed by atoms with Gasteiger partial charge in [0.1, 0.15) is 12.4 Å². The fourth-order valence-corrected chi connectivity index (χ4v) is 1.05. The SMILES string of the molecule is COc1ccc(COC(=O)CCO)cc1. The van der Waals surface area contributed by atoms with Crippen molar-refractivity contribution in [3.63, 3.8) is 0 Å². The Morgan fingerprint density at radius 1 is 1.33 bits per heavy atom. The van der Waals surface area contributed by atoms with Crippen molar-refractivity contribution in [2.75, 3.05) is 13.7 Å².